The summed E-state index contributed by atoms with van der Waals surface area (Å²) in [5.74, 6) is -5.45. The fourth-order valence-corrected chi connectivity index (χ4v) is 2.24. The molecule has 0 aliphatic carbocycles. The summed E-state index contributed by atoms with van der Waals surface area (Å²) >= 11 is 6.13. The third-order valence-electron chi connectivity index (χ3n) is 2.79. The van der Waals surface area contributed by atoms with E-state index >= 15 is 0 Å². The molecule has 2 aromatic carbocycles. The smallest absolute Gasteiger partial charge is 0.449 e. The van der Waals surface area contributed by atoms with Crippen molar-refractivity contribution in [3.05, 3.63) is 69.0 Å². The largest absolute Gasteiger partial charge is 0.453 e. The van der Waals surface area contributed by atoms with E-state index in [1.165, 1.54) is 24.3 Å². The fourth-order valence-electron chi connectivity index (χ4n) is 1.71. The van der Waals surface area contributed by atoms with Crippen LogP contribution in [0.25, 0.3) is 0 Å². The zero-order chi connectivity index (χ0) is 19.5. The molecule has 0 aliphatic rings. The van der Waals surface area contributed by atoms with E-state index in [-0.39, 0.29) is 0 Å². The van der Waals surface area contributed by atoms with Crippen LogP contribution in [0.1, 0.15) is 0 Å². The van der Waals surface area contributed by atoms with Gasteiger partial charge in [-0.25, -0.2) is 0 Å². The average molecular weight is 506 g/mol. The number of allylic oxidation sites excluding steroid dienone is 2. The summed E-state index contributed by atoms with van der Waals surface area (Å²) in [6, 6.07) is 9.65. The van der Waals surface area contributed by atoms with Crippen molar-refractivity contribution in [1.82, 2.24) is 0 Å². The van der Waals surface area contributed by atoms with Gasteiger partial charge in [0.2, 0.25) is 0 Å². The minimum Gasteiger partial charge on any atom is -0.449 e. The number of ether oxygens (including phenoxy) is 2. The number of benzene rings is 2. The van der Waals surface area contributed by atoms with E-state index in [1.807, 2.05) is 0 Å². The van der Waals surface area contributed by atoms with Crippen molar-refractivity contribution < 1.29 is 35.8 Å². The zero-order valence-corrected chi connectivity index (χ0v) is 15.6. The second-order valence-electron chi connectivity index (χ2n) is 4.77. The molecule has 0 aromatic heterocycles. The second kappa shape index (κ2) is 7.91. The Hall–Kier alpha value is -1.68. The zero-order valence-electron chi connectivity index (χ0n) is 12.5. The topological polar surface area (TPSA) is 18.5 Å². The van der Waals surface area contributed by atoms with E-state index in [0.29, 0.717) is 8.95 Å². The van der Waals surface area contributed by atoms with Crippen LogP contribution in [0, 0.1) is 0 Å². The molecule has 2 aromatic rings. The van der Waals surface area contributed by atoms with Gasteiger partial charge in [0.05, 0.1) is 0 Å². The quantitative estimate of drug-likeness (QED) is 0.329. The minimum absolute atomic E-state index is 0.429. The molecule has 0 saturated heterocycles. The SMILES string of the molecule is FC(F)(F)C(Oc1ccc(Br)cc1)=C(Oc1ccc(Br)cc1)C(F)(F)F. The second-order valence-corrected chi connectivity index (χ2v) is 6.60. The Morgan fingerprint density at radius 1 is 0.577 bits per heavy atom. The third kappa shape index (κ3) is 5.66. The van der Waals surface area contributed by atoms with Crippen LogP contribution < -0.4 is 9.47 Å². The predicted octanol–water partition coefficient (Wildman–Crippen LogP) is 7.01. The highest BCUT2D eigenvalue weighted by atomic mass is 79.9. The molecule has 2 nitrogen and oxygen atoms in total. The van der Waals surface area contributed by atoms with E-state index in [1.54, 1.807) is 0 Å². The molecule has 0 fully saturated rings. The standard InChI is InChI=1S/C16H8Br2F6O2/c17-9-1-5-11(6-2-9)25-13(15(19,20)21)14(16(22,23)24)26-12-7-3-10(18)4-8-12/h1-8H. The molecule has 2 rings (SSSR count). The molecule has 0 atom stereocenters. The maximum Gasteiger partial charge on any atom is 0.453 e. The van der Waals surface area contributed by atoms with Gasteiger partial charge in [0.25, 0.3) is 11.5 Å². The first-order valence-electron chi connectivity index (χ1n) is 6.72. The molecule has 0 spiro atoms. The molecule has 0 N–H and O–H groups in total. The summed E-state index contributed by atoms with van der Waals surface area (Å²) in [5.41, 5.74) is 0. The Morgan fingerprint density at radius 3 is 1.08 bits per heavy atom. The Balaban J connectivity index is 2.51. The summed E-state index contributed by atoms with van der Waals surface area (Å²) in [6.07, 6.45) is -10.9. The molecule has 0 aliphatic heterocycles. The van der Waals surface area contributed by atoms with Gasteiger partial charge in [-0.05, 0) is 48.5 Å². The maximum absolute atomic E-state index is 13.3. The lowest BCUT2D eigenvalue weighted by Gasteiger charge is -2.20. The number of rotatable bonds is 4. The van der Waals surface area contributed by atoms with Crippen molar-refractivity contribution in [2.24, 2.45) is 0 Å². The summed E-state index contributed by atoms with van der Waals surface area (Å²) in [5, 5.41) is 0. The lowest BCUT2D eigenvalue weighted by atomic mass is 10.3. The van der Waals surface area contributed by atoms with Crippen LogP contribution in [0.3, 0.4) is 0 Å². The van der Waals surface area contributed by atoms with Gasteiger partial charge in [0.1, 0.15) is 11.5 Å². The van der Waals surface area contributed by atoms with E-state index in [0.717, 1.165) is 24.3 Å². The molecule has 10 heteroatoms. The van der Waals surface area contributed by atoms with Gasteiger partial charge >= 0.3 is 12.4 Å². The molecule has 0 unspecified atom stereocenters. The van der Waals surface area contributed by atoms with Gasteiger partial charge in [0.15, 0.2) is 0 Å². The monoisotopic (exact) mass is 504 g/mol. The highest BCUT2D eigenvalue weighted by Gasteiger charge is 2.50. The normalized spacial score (nSPS) is 13.2. The molecule has 140 valence electrons. The van der Waals surface area contributed by atoms with Gasteiger partial charge in [0, 0.05) is 8.95 Å². The molecule has 0 radical (unpaired) electrons. The lowest BCUT2D eigenvalue weighted by molar-refractivity contribution is -0.150. The van der Waals surface area contributed by atoms with E-state index in [4.69, 9.17) is 0 Å². The van der Waals surface area contributed by atoms with Gasteiger partial charge in [-0.2, -0.15) is 26.3 Å². The number of halogens is 8. The highest BCUT2D eigenvalue weighted by molar-refractivity contribution is 9.10. The molecule has 0 heterocycles. The Morgan fingerprint density at radius 2 is 0.846 bits per heavy atom. The van der Waals surface area contributed by atoms with Gasteiger partial charge < -0.3 is 9.47 Å². The molecule has 0 amide bonds. The summed E-state index contributed by atoms with van der Waals surface area (Å²) in [7, 11) is 0. The van der Waals surface area contributed by atoms with Crippen LogP contribution in [-0.4, -0.2) is 12.4 Å². The van der Waals surface area contributed by atoms with E-state index < -0.39 is 35.4 Å². The summed E-state index contributed by atoms with van der Waals surface area (Å²) in [4.78, 5) is 0. The minimum atomic E-state index is -5.44. The summed E-state index contributed by atoms with van der Waals surface area (Å²) < 4.78 is 89.5. The van der Waals surface area contributed by atoms with Crippen LogP contribution in [0.4, 0.5) is 26.3 Å². The first-order chi connectivity index (χ1) is 12.0. The Bertz CT molecular complexity index is 713. The van der Waals surface area contributed by atoms with Crippen LogP contribution >= 0.6 is 31.9 Å². The van der Waals surface area contributed by atoms with Crippen molar-refractivity contribution in [1.29, 1.82) is 0 Å². The van der Waals surface area contributed by atoms with E-state index in [2.05, 4.69) is 41.3 Å². The van der Waals surface area contributed by atoms with E-state index in [9.17, 15) is 26.3 Å². The molecule has 0 bridgehead atoms. The molecule has 26 heavy (non-hydrogen) atoms. The number of alkyl halides is 6. The summed E-state index contributed by atoms with van der Waals surface area (Å²) in [6.45, 7) is 0. The number of hydrogen-bond acceptors (Lipinski definition) is 2. The third-order valence-corrected chi connectivity index (χ3v) is 3.85. The first kappa shape index (κ1) is 20.6. The maximum atomic E-state index is 13.3. The van der Waals surface area contributed by atoms with Crippen molar-refractivity contribution >= 4 is 31.9 Å². The van der Waals surface area contributed by atoms with Crippen molar-refractivity contribution in [2.75, 3.05) is 0 Å². The van der Waals surface area contributed by atoms with Crippen molar-refractivity contribution in [3.63, 3.8) is 0 Å². The predicted molar refractivity (Wildman–Crippen MR) is 88.7 cm³/mol. The molecule has 0 saturated carbocycles. The fraction of sp³-hybridized carbons (Fsp3) is 0.125. The highest BCUT2D eigenvalue weighted by Crippen LogP contribution is 2.39. The average Bonchev–Trinajstić information content (AvgIpc) is 2.52. The first-order valence-corrected chi connectivity index (χ1v) is 8.31. The Labute approximate surface area is 160 Å². The van der Waals surface area contributed by atoms with Crippen LogP contribution in [0.15, 0.2) is 69.0 Å². The van der Waals surface area contributed by atoms with Crippen molar-refractivity contribution in [2.45, 2.75) is 12.4 Å². The molecular formula is C16H8Br2F6O2. The van der Waals surface area contributed by atoms with Gasteiger partial charge in [-0.3, -0.25) is 0 Å². The van der Waals surface area contributed by atoms with Crippen LogP contribution in [0.5, 0.6) is 11.5 Å². The van der Waals surface area contributed by atoms with Crippen molar-refractivity contribution in [3.8, 4) is 11.5 Å². The van der Waals surface area contributed by atoms with Gasteiger partial charge in [-0.15, -0.1) is 0 Å². The number of hydrogen-bond donors (Lipinski definition) is 0. The molecular weight excluding hydrogens is 498 g/mol. The van der Waals surface area contributed by atoms with Crippen LogP contribution in [0.2, 0.25) is 0 Å². The Kier molecular flexibility index (Phi) is 6.28. The lowest BCUT2D eigenvalue weighted by Crippen LogP contribution is -2.29. The van der Waals surface area contributed by atoms with Crippen LogP contribution in [-0.2, 0) is 0 Å². The van der Waals surface area contributed by atoms with Gasteiger partial charge in [-0.1, -0.05) is 31.9 Å².